The molecule has 0 spiro atoms. The minimum atomic E-state index is -1.32. The standard InChI is InChI=1S/C12H12N2O4/c1-7(15)12(2)9-6-8(14(17)18)4-5-10(9)13(3)11(12)16/h4-6H,1-3H3. The average molecular weight is 248 g/mol. The second kappa shape index (κ2) is 3.63. The number of anilines is 1. The Hall–Kier alpha value is -2.24. The van der Waals surface area contributed by atoms with Gasteiger partial charge in [0, 0.05) is 30.4 Å². The normalized spacial score (nSPS) is 21.9. The quantitative estimate of drug-likeness (QED) is 0.450. The van der Waals surface area contributed by atoms with E-state index in [2.05, 4.69) is 0 Å². The summed E-state index contributed by atoms with van der Waals surface area (Å²) in [6.07, 6.45) is 0. The molecular formula is C12H12N2O4. The second-order valence-corrected chi connectivity index (χ2v) is 4.50. The van der Waals surface area contributed by atoms with Crippen molar-refractivity contribution < 1.29 is 14.5 Å². The van der Waals surface area contributed by atoms with Crippen LogP contribution in [0.2, 0.25) is 0 Å². The number of non-ortho nitro benzene ring substituents is 1. The number of hydrogen-bond donors (Lipinski definition) is 0. The number of ketones is 1. The van der Waals surface area contributed by atoms with Crippen molar-refractivity contribution >= 4 is 23.1 Å². The van der Waals surface area contributed by atoms with Gasteiger partial charge in [0.05, 0.1) is 4.92 Å². The van der Waals surface area contributed by atoms with Crippen molar-refractivity contribution in [3.63, 3.8) is 0 Å². The van der Waals surface area contributed by atoms with Crippen LogP contribution >= 0.6 is 0 Å². The molecule has 0 fully saturated rings. The number of rotatable bonds is 2. The third-order valence-corrected chi connectivity index (χ3v) is 3.53. The highest BCUT2D eigenvalue weighted by Crippen LogP contribution is 2.43. The first-order valence-electron chi connectivity index (χ1n) is 5.38. The molecule has 1 aromatic rings. The summed E-state index contributed by atoms with van der Waals surface area (Å²) in [6, 6.07) is 4.13. The largest absolute Gasteiger partial charge is 0.314 e. The monoisotopic (exact) mass is 248 g/mol. The average Bonchev–Trinajstić information content (AvgIpc) is 2.52. The van der Waals surface area contributed by atoms with E-state index < -0.39 is 10.3 Å². The number of likely N-dealkylation sites (N-methyl/N-ethyl adjacent to an activating group) is 1. The van der Waals surface area contributed by atoms with E-state index in [0.717, 1.165) is 0 Å². The van der Waals surface area contributed by atoms with Crippen molar-refractivity contribution in [3.05, 3.63) is 33.9 Å². The number of benzene rings is 1. The smallest absolute Gasteiger partial charge is 0.269 e. The molecule has 18 heavy (non-hydrogen) atoms. The summed E-state index contributed by atoms with van der Waals surface area (Å²) in [7, 11) is 1.56. The Morgan fingerprint density at radius 2 is 2.06 bits per heavy atom. The number of nitrogens with zero attached hydrogens (tertiary/aromatic N) is 2. The van der Waals surface area contributed by atoms with Crippen LogP contribution in [0.3, 0.4) is 0 Å². The highest BCUT2D eigenvalue weighted by molar-refractivity contribution is 6.21. The lowest BCUT2D eigenvalue weighted by Gasteiger charge is -2.19. The van der Waals surface area contributed by atoms with Crippen molar-refractivity contribution in [2.45, 2.75) is 19.3 Å². The lowest BCUT2D eigenvalue weighted by molar-refractivity contribution is -0.384. The minimum Gasteiger partial charge on any atom is -0.314 e. The van der Waals surface area contributed by atoms with Gasteiger partial charge in [0.2, 0.25) is 5.91 Å². The van der Waals surface area contributed by atoms with Gasteiger partial charge >= 0.3 is 0 Å². The molecule has 94 valence electrons. The molecule has 0 bridgehead atoms. The number of carbonyl (C=O) groups is 2. The molecule has 1 amide bonds. The lowest BCUT2D eigenvalue weighted by Crippen LogP contribution is -2.41. The first kappa shape index (κ1) is 12.2. The molecule has 0 saturated heterocycles. The van der Waals surface area contributed by atoms with Crippen molar-refractivity contribution in [3.8, 4) is 0 Å². The fourth-order valence-electron chi connectivity index (χ4n) is 2.23. The molecule has 0 saturated carbocycles. The van der Waals surface area contributed by atoms with Crippen LogP contribution < -0.4 is 4.90 Å². The van der Waals surface area contributed by atoms with Gasteiger partial charge < -0.3 is 4.90 Å². The first-order valence-corrected chi connectivity index (χ1v) is 5.38. The molecule has 1 aromatic carbocycles. The number of hydrogen-bond acceptors (Lipinski definition) is 4. The van der Waals surface area contributed by atoms with Gasteiger partial charge in [-0.1, -0.05) is 0 Å². The fourth-order valence-corrected chi connectivity index (χ4v) is 2.23. The van der Waals surface area contributed by atoms with Crippen LogP contribution in [0, 0.1) is 10.1 Å². The van der Waals surface area contributed by atoms with E-state index in [1.165, 1.54) is 36.9 Å². The van der Waals surface area contributed by atoms with Crippen LogP contribution in [0.25, 0.3) is 0 Å². The molecule has 6 heteroatoms. The molecule has 0 aromatic heterocycles. The molecule has 1 unspecified atom stereocenters. The van der Waals surface area contributed by atoms with E-state index in [1.807, 2.05) is 0 Å². The molecule has 0 N–H and O–H groups in total. The maximum absolute atomic E-state index is 12.1. The Balaban J connectivity index is 2.72. The highest BCUT2D eigenvalue weighted by Gasteiger charge is 2.50. The third-order valence-electron chi connectivity index (χ3n) is 3.53. The summed E-state index contributed by atoms with van der Waals surface area (Å²) in [4.78, 5) is 35.5. The van der Waals surface area contributed by atoms with Crippen LogP contribution in [0.4, 0.5) is 11.4 Å². The van der Waals surface area contributed by atoms with Crippen molar-refractivity contribution in [2.75, 3.05) is 11.9 Å². The maximum atomic E-state index is 12.1. The van der Waals surface area contributed by atoms with Gasteiger partial charge in [-0.25, -0.2) is 0 Å². The Morgan fingerprint density at radius 3 is 2.56 bits per heavy atom. The Kier molecular flexibility index (Phi) is 2.46. The zero-order valence-corrected chi connectivity index (χ0v) is 10.3. The lowest BCUT2D eigenvalue weighted by atomic mass is 9.80. The van der Waals surface area contributed by atoms with Gasteiger partial charge in [-0.3, -0.25) is 19.7 Å². The van der Waals surface area contributed by atoms with E-state index in [-0.39, 0.29) is 17.4 Å². The maximum Gasteiger partial charge on any atom is 0.269 e. The number of nitro groups is 1. The number of fused-ring (bicyclic) bond motifs is 1. The van der Waals surface area contributed by atoms with E-state index in [1.54, 1.807) is 7.05 Å². The van der Waals surface area contributed by atoms with Crippen LogP contribution in [0.1, 0.15) is 19.4 Å². The van der Waals surface area contributed by atoms with Crippen molar-refractivity contribution in [1.82, 2.24) is 0 Å². The number of nitro benzene ring substituents is 1. The molecule has 1 atom stereocenters. The zero-order chi connectivity index (χ0) is 13.7. The van der Waals surface area contributed by atoms with E-state index in [9.17, 15) is 19.7 Å². The van der Waals surface area contributed by atoms with E-state index >= 15 is 0 Å². The number of Topliss-reactive ketones (excluding diaryl/α,β-unsaturated/α-hetero) is 1. The Bertz CT molecular complexity index is 581. The summed E-state index contributed by atoms with van der Waals surface area (Å²) in [5.41, 5.74) is -0.500. The topological polar surface area (TPSA) is 80.5 Å². The highest BCUT2D eigenvalue weighted by atomic mass is 16.6. The molecule has 0 aliphatic carbocycles. The predicted molar refractivity (Wildman–Crippen MR) is 64.5 cm³/mol. The van der Waals surface area contributed by atoms with E-state index in [0.29, 0.717) is 11.3 Å². The molecular weight excluding hydrogens is 236 g/mol. The minimum absolute atomic E-state index is 0.121. The van der Waals surface area contributed by atoms with Crippen LogP contribution in [-0.4, -0.2) is 23.7 Å². The van der Waals surface area contributed by atoms with Gasteiger partial charge in [0.1, 0.15) is 11.2 Å². The fraction of sp³-hybridized carbons (Fsp3) is 0.333. The number of amides is 1. The molecule has 1 aliphatic heterocycles. The van der Waals surface area contributed by atoms with E-state index in [4.69, 9.17) is 0 Å². The van der Waals surface area contributed by atoms with Gasteiger partial charge in [-0.05, 0) is 19.9 Å². The predicted octanol–water partition coefficient (Wildman–Crippen LogP) is 1.42. The van der Waals surface area contributed by atoms with Crippen molar-refractivity contribution in [2.24, 2.45) is 0 Å². The van der Waals surface area contributed by atoms with Gasteiger partial charge in [-0.15, -0.1) is 0 Å². The molecule has 0 radical (unpaired) electrons. The Morgan fingerprint density at radius 1 is 1.44 bits per heavy atom. The van der Waals surface area contributed by atoms with Crippen molar-refractivity contribution in [1.29, 1.82) is 0 Å². The Labute approximate surface area is 103 Å². The SMILES string of the molecule is CC(=O)C1(C)C(=O)N(C)c2ccc([N+](=O)[O-])cc21. The summed E-state index contributed by atoms with van der Waals surface area (Å²) in [6.45, 7) is 2.82. The molecule has 2 rings (SSSR count). The molecule has 1 aliphatic rings. The van der Waals surface area contributed by atoms with Crippen LogP contribution in [0.5, 0.6) is 0 Å². The van der Waals surface area contributed by atoms with Gasteiger partial charge in [0.25, 0.3) is 5.69 Å². The van der Waals surface area contributed by atoms with Crippen LogP contribution in [0.15, 0.2) is 18.2 Å². The summed E-state index contributed by atoms with van der Waals surface area (Å²) >= 11 is 0. The van der Waals surface area contributed by atoms with Crippen LogP contribution in [-0.2, 0) is 15.0 Å². The number of carbonyl (C=O) groups excluding carboxylic acids is 2. The molecule has 6 nitrogen and oxygen atoms in total. The second-order valence-electron chi connectivity index (χ2n) is 4.50. The summed E-state index contributed by atoms with van der Waals surface area (Å²) < 4.78 is 0. The summed E-state index contributed by atoms with van der Waals surface area (Å²) in [5, 5.41) is 10.8. The van der Waals surface area contributed by atoms with Gasteiger partial charge in [-0.2, -0.15) is 0 Å². The zero-order valence-electron chi connectivity index (χ0n) is 10.3. The third kappa shape index (κ3) is 1.35. The summed E-state index contributed by atoms with van der Waals surface area (Å²) in [5.74, 6) is -0.677. The first-order chi connectivity index (χ1) is 8.30. The van der Waals surface area contributed by atoms with Gasteiger partial charge in [0.15, 0.2) is 0 Å². The molecule has 1 heterocycles.